The molecule has 0 amide bonds. The third-order valence-electron chi connectivity index (χ3n) is 7.97. The average molecular weight is 528 g/mol. The van der Waals surface area contributed by atoms with Crippen LogP contribution in [0, 0.1) is 11.8 Å². The molecule has 1 aromatic rings. The van der Waals surface area contributed by atoms with Gasteiger partial charge in [-0.1, -0.05) is 37.8 Å². The van der Waals surface area contributed by atoms with Crippen molar-refractivity contribution in [2.45, 2.75) is 102 Å². The lowest BCUT2D eigenvalue weighted by Crippen LogP contribution is -2.23. The number of ether oxygens (including phenoxy) is 2. The van der Waals surface area contributed by atoms with Crippen molar-refractivity contribution in [1.82, 2.24) is 0 Å². The largest absolute Gasteiger partial charge is 0.504 e. The molecule has 1 atom stereocenters. The van der Waals surface area contributed by atoms with Gasteiger partial charge in [0, 0.05) is 26.7 Å². The zero-order valence-electron chi connectivity index (χ0n) is 23.3. The van der Waals surface area contributed by atoms with Gasteiger partial charge in [-0.15, -0.1) is 0 Å². The summed E-state index contributed by atoms with van der Waals surface area (Å²) in [6.45, 7) is 1.15. The molecule has 38 heavy (non-hydrogen) atoms. The second-order valence-electron chi connectivity index (χ2n) is 11.2. The van der Waals surface area contributed by atoms with E-state index in [2.05, 4.69) is 11.1 Å². The molecular formula is C31H49N3O4. The van der Waals surface area contributed by atoms with Crippen LogP contribution in [0.25, 0.3) is 0 Å². The molecule has 0 radical (unpaired) electrons. The Labute approximate surface area is 229 Å². The molecule has 0 aliphatic heterocycles. The maximum absolute atomic E-state index is 12.6. The first-order chi connectivity index (χ1) is 18.4. The van der Waals surface area contributed by atoms with E-state index in [-0.39, 0.29) is 29.5 Å². The van der Waals surface area contributed by atoms with Gasteiger partial charge in [-0.3, -0.25) is 9.79 Å². The van der Waals surface area contributed by atoms with E-state index >= 15 is 0 Å². The van der Waals surface area contributed by atoms with Crippen molar-refractivity contribution in [2.75, 3.05) is 20.3 Å². The lowest BCUT2D eigenvalue weighted by molar-refractivity contribution is -0.114. The molecule has 0 aromatic heterocycles. The third-order valence-corrected chi connectivity index (χ3v) is 7.97. The van der Waals surface area contributed by atoms with Gasteiger partial charge >= 0.3 is 0 Å². The first-order valence-electron chi connectivity index (χ1n) is 14.7. The number of carbonyl (C=O) groups excluding carboxylic acids is 1. The van der Waals surface area contributed by atoms with Crippen LogP contribution in [-0.4, -0.2) is 43.2 Å². The number of aryl methyl sites for hydroxylation is 1. The molecule has 3 rings (SSSR count). The van der Waals surface area contributed by atoms with Crippen LogP contribution in [0.1, 0.15) is 94.6 Å². The fraction of sp³-hybridized carbons (Fsp3) is 0.677. The highest BCUT2D eigenvalue weighted by molar-refractivity contribution is 5.89. The van der Waals surface area contributed by atoms with Crippen molar-refractivity contribution in [2.24, 2.45) is 28.3 Å². The molecule has 0 spiro atoms. The van der Waals surface area contributed by atoms with Gasteiger partial charge in [-0.25, -0.2) is 0 Å². The number of hydrogen-bond acceptors (Lipinski definition) is 5. The molecule has 0 unspecified atom stereocenters. The summed E-state index contributed by atoms with van der Waals surface area (Å²) in [4.78, 5) is 16.7. The van der Waals surface area contributed by atoms with Crippen LogP contribution in [0.3, 0.4) is 0 Å². The number of nitrogens with two attached hydrogens (primary N) is 2. The minimum atomic E-state index is 0.102. The molecule has 212 valence electrons. The van der Waals surface area contributed by atoms with Crippen molar-refractivity contribution in [1.29, 1.82) is 0 Å². The van der Waals surface area contributed by atoms with E-state index in [1.54, 1.807) is 13.2 Å². The van der Waals surface area contributed by atoms with Gasteiger partial charge in [-0.2, -0.15) is 0 Å². The number of nitrogens with zero attached hydrogens (tertiary/aromatic N) is 1. The van der Waals surface area contributed by atoms with Gasteiger partial charge in [0.1, 0.15) is 0 Å². The van der Waals surface area contributed by atoms with Crippen molar-refractivity contribution in [3.05, 3.63) is 35.4 Å². The Morgan fingerprint density at radius 3 is 2.61 bits per heavy atom. The first kappa shape index (κ1) is 30.0. The number of allylic oxidation sites excluding steroid dienone is 2. The Kier molecular flexibility index (Phi) is 13.0. The molecule has 1 aromatic carbocycles. The maximum atomic E-state index is 12.6. The second-order valence-corrected chi connectivity index (χ2v) is 11.2. The fourth-order valence-corrected chi connectivity index (χ4v) is 5.88. The number of phenols is 1. The summed E-state index contributed by atoms with van der Waals surface area (Å²) < 4.78 is 11.7. The molecule has 2 fully saturated rings. The number of guanidine groups is 1. The van der Waals surface area contributed by atoms with Crippen LogP contribution in [0.5, 0.6) is 11.5 Å². The lowest BCUT2D eigenvalue weighted by atomic mass is 9.92. The summed E-state index contributed by atoms with van der Waals surface area (Å²) in [5.41, 5.74) is 12.8. The van der Waals surface area contributed by atoms with Crippen LogP contribution in [0.2, 0.25) is 0 Å². The van der Waals surface area contributed by atoms with Crippen LogP contribution in [0.15, 0.2) is 29.3 Å². The van der Waals surface area contributed by atoms with E-state index in [0.29, 0.717) is 38.2 Å². The Balaban J connectivity index is 1.64. The predicted octanol–water partition coefficient (Wildman–Crippen LogP) is 5.60. The van der Waals surface area contributed by atoms with E-state index in [0.717, 1.165) is 62.0 Å². The van der Waals surface area contributed by atoms with Crippen molar-refractivity contribution in [3.8, 4) is 11.5 Å². The zero-order valence-corrected chi connectivity index (χ0v) is 23.3. The summed E-state index contributed by atoms with van der Waals surface area (Å²) >= 11 is 0. The highest BCUT2D eigenvalue weighted by atomic mass is 16.5. The number of carbonyl (C=O) groups is 1. The van der Waals surface area contributed by atoms with E-state index in [4.69, 9.17) is 20.9 Å². The molecule has 2 aliphatic rings. The third kappa shape index (κ3) is 10.7. The SMILES string of the molecule is COC[C@H](CCCN=C(N)N)Cc1cc(CCC(=O)/C=C/CCC2CCCC2)cc(OC2CCCC2)c1O. The Hall–Kier alpha value is -2.54. The number of rotatable bonds is 17. The zero-order chi connectivity index (χ0) is 27.2. The van der Waals surface area contributed by atoms with E-state index in [9.17, 15) is 9.90 Å². The van der Waals surface area contributed by atoms with Gasteiger partial charge < -0.3 is 26.0 Å². The summed E-state index contributed by atoms with van der Waals surface area (Å²) in [6.07, 6.45) is 19.3. The lowest BCUT2D eigenvalue weighted by Gasteiger charge is -2.21. The molecule has 7 nitrogen and oxygen atoms in total. The minimum absolute atomic E-state index is 0.102. The fourth-order valence-electron chi connectivity index (χ4n) is 5.88. The number of benzene rings is 1. The van der Waals surface area contributed by atoms with Gasteiger partial charge in [0.2, 0.25) is 0 Å². The minimum Gasteiger partial charge on any atom is -0.504 e. The Bertz CT molecular complexity index is 914. The maximum Gasteiger partial charge on any atom is 0.185 e. The number of aliphatic imine (C=N–C) groups is 1. The van der Waals surface area contributed by atoms with Crippen molar-refractivity contribution in [3.63, 3.8) is 0 Å². The normalized spacial score (nSPS) is 17.3. The summed E-state index contributed by atoms with van der Waals surface area (Å²) in [5, 5.41) is 11.1. The first-order valence-corrected chi connectivity index (χ1v) is 14.7. The summed E-state index contributed by atoms with van der Waals surface area (Å²) in [6, 6.07) is 3.96. The average Bonchev–Trinajstić information content (AvgIpc) is 3.60. The van der Waals surface area contributed by atoms with Gasteiger partial charge in [0.15, 0.2) is 23.2 Å². The number of methoxy groups -OCH3 is 1. The molecule has 5 N–H and O–H groups in total. The monoisotopic (exact) mass is 527 g/mol. The molecule has 2 aliphatic carbocycles. The van der Waals surface area contributed by atoms with Gasteiger partial charge in [0.05, 0.1) is 6.10 Å². The molecular weight excluding hydrogens is 478 g/mol. The second kappa shape index (κ2) is 16.4. The van der Waals surface area contributed by atoms with Crippen molar-refractivity contribution >= 4 is 11.7 Å². The number of hydrogen-bond donors (Lipinski definition) is 3. The van der Waals surface area contributed by atoms with Crippen LogP contribution < -0.4 is 16.2 Å². The molecule has 7 heteroatoms. The molecule has 0 saturated heterocycles. The number of ketones is 1. The van der Waals surface area contributed by atoms with Crippen LogP contribution in [0.4, 0.5) is 0 Å². The highest BCUT2D eigenvalue weighted by Gasteiger charge is 2.22. The van der Waals surface area contributed by atoms with E-state index in [1.807, 2.05) is 12.1 Å². The standard InChI is InChI=1S/C31H49N3O4/c1-37-22-25(12-8-18-34-31(32)33)20-26-19-24(21-29(30(26)36)38-28-14-6-7-15-28)16-17-27(35)13-5-4-11-23-9-2-3-10-23/h5,13,19,21,23,25,28,36H,2-4,6-12,14-18,20,22H2,1H3,(H4,32,33,34)/b13-5+/t25-/m1/s1. The van der Waals surface area contributed by atoms with Crippen molar-refractivity contribution < 1.29 is 19.4 Å². The topological polar surface area (TPSA) is 120 Å². The van der Waals surface area contributed by atoms with Gasteiger partial charge in [0.25, 0.3) is 0 Å². The van der Waals surface area contributed by atoms with E-state index in [1.165, 1.54) is 32.1 Å². The number of phenolic OH excluding ortho intramolecular Hbond substituents is 1. The summed E-state index contributed by atoms with van der Waals surface area (Å²) in [7, 11) is 1.70. The number of aromatic hydroxyl groups is 1. The van der Waals surface area contributed by atoms with Gasteiger partial charge in [-0.05, 0) is 99.3 Å². The Morgan fingerprint density at radius 2 is 1.89 bits per heavy atom. The van der Waals surface area contributed by atoms with E-state index < -0.39 is 0 Å². The molecule has 0 heterocycles. The predicted molar refractivity (Wildman–Crippen MR) is 154 cm³/mol. The van der Waals surface area contributed by atoms with Crippen LogP contribution in [-0.2, 0) is 22.4 Å². The molecule has 2 saturated carbocycles. The molecule has 0 bridgehead atoms. The Morgan fingerprint density at radius 1 is 1.16 bits per heavy atom. The highest BCUT2D eigenvalue weighted by Crippen LogP contribution is 2.37. The van der Waals surface area contributed by atoms with Crippen LogP contribution >= 0.6 is 0 Å². The quantitative estimate of drug-likeness (QED) is 0.105. The summed E-state index contributed by atoms with van der Waals surface area (Å²) in [5.74, 6) is 2.06. The smallest absolute Gasteiger partial charge is 0.185 e.